The van der Waals surface area contributed by atoms with E-state index in [0.717, 1.165) is 27.3 Å². The Morgan fingerprint density at radius 1 is 1.15 bits per heavy atom. The van der Waals surface area contributed by atoms with Gasteiger partial charge < -0.3 is 4.90 Å². The summed E-state index contributed by atoms with van der Waals surface area (Å²) >= 11 is 1.60. The van der Waals surface area contributed by atoms with Crippen LogP contribution in [-0.2, 0) is 0 Å². The van der Waals surface area contributed by atoms with Gasteiger partial charge in [0.05, 0.1) is 5.56 Å². The Kier molecular flexibility index (Phi) is 5.02. The predicted octanol–water partition coefficient (Wildman–Crippen LogP) is 4.27. The molecule has 0 aliphatic carbocycles. The van der Waals surface area contributed by atoms with Crippen LogP contribution in [0.3, 0.4) is 0 Å². The Hall–Kier alpha value is -2.00. The Bertz CT molecular complexity index is 595. The second kappa shape index (κ2) is 6.96. The number of hydrogen-bond donors (Lipinski definition) is 0. The third-order valence-corrected chi connectivity index (χ3v) is 4.03. The van der Waals surface area contributed by atoms with Crippen LogP contribution in [0, 0.1) is 0 Å². The van der Waals surface area contributed by atoms with Gasteiger partial charge in [-0.05, 0) is 24.3 Å². The first-order valence-electron chi connectivity index (χ1n) is 6.39. The van der Waals surface area contributed by atoms with E-state index in [4.69, 9.17) is 0 Å². The van der Waals surface area contributed by atoms with Crippen molar-refractivity contribution in [3.05, 3.63) is 66.7 Å². The van der Waals surface area contributed by atoms with Gasteiger partial charge in [0, 0.05) is 29.1 Å². The number of nitrogens with zero attached hydrogens (tertiary/aromatic N) is 1. The molecular weight excluding hydrogens is 266 g/mol. The minimum Gasteiger partial charge on any atom is -0.370 e. The third-order valence-electron chi connectivity index (χ3n) is 2.95. The van der Waals surface area contributed by atoms with Crippen molar-refractivity contribution in [1.82, 2.24) is 0 Å². The van der Waals surface area contributed by atoms with Gasteiger partial charge in [0.2, 0.25) is 0 Å². The van der Waals surface area contributed by atoms with Gasteiger partial charge in [-0.25, -0.2) is 0 Å². The number of rotatable bonds is 6. The van der Waals surface area contributed by atoms with E-state index >= 15 is 0 Å². The Labute approximate surface area is 124 Å². The van der Waals surface area contributed by atoms with Gasteiger partial charge in [-0.15, -0.1) is 6.58 Å². The molecular formula is C17H17NOS. The Balaban J connectivity index is 2.36. The lowest BCUT2D eigenvalue weighted by molar-refractivity contribution is 0.112. The summed E-state index contributed by atoms with van der Waals surface area (Å²) in [4.78, 5) is 15.6. The number of aldehydes is 1. The largest absolute Gasteiger partial charge is 0.370 e. The highest BCUT2D eigenvalue weighted by Crippen LogP contribution is 2.33. The zero-order chi connectivity index (χ0) is 14.4. The van der Waals surface area contributed by atoms with Gasteiger partial charge in [-0.3, -0.25) is 4.79 Å². The van der Waals surface area contributed by atoms with Crippen LogP contribution >= 0.6 is 11.8 Å². The Morgan fingerprint density at radius 3 is 2.55 bits per heavy atom. The van der Waals surface area contributed by atoms with Crippen molar-refractivity contribution in [2.45, 2.75) is 9.79 Å². The van der Waals surface area contributed by atoms with Crippen molar-refractivity contribution in [3.8, 4) is 0 Å². The molecule has 0 atom stereocenters. The summed E-state index contributed by atoms with van der Waals surface area (Å²) < 4.78 is 0. The van der Waals surface area contributed by atoms with E-state index in [1.54, 1.807) is 11.8 Å². The lowest BCUT2D eigenvalue weighted by Crippen LogP contribution is -2.18. The molecule has 2 rings (SSSR count). The van der Waals surface area contributed by atoms with E-state index in [0.29, 0.717) is 6.54 Å². The van der Waals surface area contributed by atoms with Crippen LogP contribution in [0.4, 0.5) is 5.69 Å². The number of carbonyl (C=O) groups excluding carboxylic acids is 1. The van der Waals surface area contributed by atoms with Crippen molar-refractivity contribution >= 4 is 23.7 Å². The summed E-state index contributed by atoms with van der Waals surface area (Å²) in [7, 11) is 1.96. The minimum absolute atomic E-state index is 0.709. The number of hydrogen-bond acceptors (Lipinski definition) is 3. The molecule has 102 valence electrons. The molecule has 0 aliphatic heterocycles. The fraction of sp³-hybridized carbons (Fsp3) is 0.118. The second-order valence-electron chi connectivity index (χ2n) is 4.39. The van der Waals surface area contributed by atoms with Crippen LogP contribution in [0.2, 0.25) is 0 Å². The molecule has 0 N–H and O–H groups in total. The first-order valence-corrected chi connectivity index (χ1v) is 7.21. The molecule has 0 unspecified atom stereocenters. The lowest BCUT2D eigenvalue weighted by atomic mass is 10.2. The van der Waals surface area contributed by atoms with Gasteiger partial charge in [0.25, 0.3) is 0 Å². The molecule has 0 bridgehead atoms. The normalized spacial score (nSPS) is 10.1. The number of likely N-dealkylation sites (N-methyl/N-ethyl adjacent to an activating group) is 1. The molecule has 2 aromatic rings. The molecule has 2 aromatic carbocycles. The molecule has 0 aromatic heterocycles. The SMILES string of the molecule is C=CCN(C)c1cccc(Sc2ccccc2)c1C=O. The van der Waals surface area contributed by atoms with Crippen molar-refractivity contribution in [3.63, 3.8) is 0 Å². The van der Waals surface area contributed by atoms with Crippen LogP contribution in [0.15, 0.2) is 71.0 Å². The fourth-order valence-electron chi connectivity index (χ4n) is 1.98. The van der Waals surface area contributed by atoms with Crippen LogP contribution in [0.5, 0.6) is 0 Å². The van der Waals surface area contributed by atoms with Gasteiger partial charge >= 0.3 is 0 Å². The highest BCUT2D eigenvalue weighted by atomic mass is 32.2. The number of carbonyl (C=O) groups is 1. The molecule has 2 nitrogen and oxygen atoms in total. The summed E-state index contributed by atoms with van der Waals surface area (Å²) in [5.74, 6) is 0. The predicted molar refractivity (Wildman–Crippen MR) is 85.9 cm³/mol. The monoisotopic (exact) mass is 283 g/mol. The topological polar surface area (TPSA) is 20.3 Å². The van der Waals surface area contributed by atoms with E-state index < -0.39 is 0 Å². The van der Waals surface area contributed by atoms with Crippen LogP contribution in [-0.4, -0.2) is 19.9 Å². The average molecular weight is 283 g/mol. The smallest absolute Gasteiger partial charge is 0.153 e. The summed E-state index contributed by atoms with van der Waals surface area (Å²) in [6.45, 7) is 4.45. The first kappa shape index (κ1) is 14.4. The molecule has 0 heterocycles. The lowest BCUT2D eigenvalue weighted by Gasteiger charge is -2.20. The second-order valence-corrected chi connectivity index (χ2v) is 5.51. The van der Waals surface area contributed by atoms with Crippen molar-refractivity contribution in [2.75, 3.05) is 18.5 Å². The molecule has 20 heavy (non-hydrogen) atoms. The molecule has 0 radical (unpaired) electrons. The van der Waals surface area contributed by atoms with E-state index in [9.17, 15) is 4.79 Å². The summed E-state index contributed by atoms with van der Waals surface area (Å²) in [6, 6.07) is 16.0. The zero-order valence-electron chi connectivity index (χ0n) is 11.5. The summed E-state index contributed by atoms with van der Waals surface area (Å²) in [5.41, 5.74) is 1.66. The maximum atomic E-state index is 11.5. The van der Waals surface area contributed by atoms with Crippen molar-refractivity contribution < 1.29 is 4.79 Å². The minimum atomic E-state index is 0.709. The van der Waals surface area contributed by atoms with E-state index in [1.807, 2.05) is 66.6 Å². The molecule has 0 fully saturated rings. The first-order chi connectivity index (χ1) is 9.76. The highest BCUT2D eigenvalue weighted by molar-refractivity contribution is 7.99. The third kappa shape index (κ3) is 3.31. The van der Waals surface area contributed by atoms with Crippen LogP contribution in [0.1, 0.15) is 10.4 Å². The maximum absolute atomic E-state index is 11.5. The maximum Gasteiger partial charge on any atom is 0.153 e. The molecule has 3 heteroatoms. The average Bonchev–Trinajstić information content (AvgIpc) is 2.48. The molecule has 0 spiro atoms. The number of benzene rings is 2. The highest BCUT2D eigenvalue weighted by Gasteiger charge is 2.11. The zero-order valence-corrected chi connectivity index (χ0v) is 12.3. The van der Waals surface area contributed by atoms with Crippen molar-refractivity contribution in [2.24, 2.45) is 0 Å². The van der Waals surface area contributed by atoms with Gasteiger partial charge in [0.15, 0.2) is 6.29 Å². The van der Waals surface area contributed by atoms with E-state index in [2.05, 4.69) is 6.58 Å². The standard InChI is InChI=1S/C17H17NOS/c1-3-12-18(2)16-10-7-11-17(15(16)13-19)20-14-8-5-4-6-9-14/h3-11,13H,1,12H2,2H3. The van der Waals surface area contributed by atoms with Gasteiger partial charge in [0.1, 0.15) is 0 Å². The summed E-state index contributed by atoms with van der Waals surface area (Å²) in [5, 5.41) is 0. The number of anilines is 1. The van der Waals surface area contributed by atoms with E-state index in [-0.39, 0.29) is 0 Å². The van der Waals surface area contributed by atoms with Gasteiger partial charge in [-0.2, -0.15) is 0 Å². The fourth-order valence-corrected chi connectivity index (χ4v) is 2.94. The molecule has 0 amide bonds. The van der Waals surface area contributed by atoms with Crippen LogP contribution < -0.4 is 4.90 Å². The molecule has 0 saturated heterocycles. The quantitative estimate of drug-likeness (QED) is 0.583. The molecule has 0 saturated carbocycles. The van der Waals surface area contributed by atoms with Crippen molar-refractivity contribution in [1.29, 1.82) is 0 Å². The van der Waals surface area contributed by atoms with E-state index in [1.165, 1.54) is 0 Å². The Morgan fingerprint density at radius 2 is 1.90 bits per heavy atom. The van der Waals surface area contributed by atoms with Gasteiger partial charge in [-0.1, -0.05) is 42.1 Å². The van der Waals surface area contributed by atoms with Crippen LogP contribution in [0.25, 0.3) is 0 Å². The molecule has 0 aliphatic rings. The summed E-state index contributed by atoms with van der Waals surface area (Å²) in [6.07, 6.45) is 2.76.